The molecule has 1 saturated heterocycles. The highest BCUT2D eigenvalue weighted by atomic mass is 19.1. The number of halogens is 1. The molecule has 2 aliphatic rings. The van der Waals surface area contributed by atoms with Gasteiger partial charge in [-0.2, -0.15) is 0 Å². The Morgan fingerprint density at radius 2 is 1.73 bits per heavy atom. The minimum Gasteiger partial charge on any atom is -0.506 e. The number of nitrogens with zero attached hydrogens (tertiary/aromatic N) is 2. The molecule has 1 aliphatic carbocycles. The third-order valence-corrected chi connectivity index (χ3v) is 5.19. The number of phenolic OH excluding ortho intramolecular Hbond substituents is 1. The molecule has 136 valence electrons. The van der Waals surface area contributed by atoms with Crippen LogP contribution in [0.3, 0.4) is 0 Å². The molecule has 1 aliphatic heterocycles. The Bertz CT molecular complexity index is 788. The van der Waals surface area contributed by atoms with Crippen LogP contribution in [-0.2, 0) is 0 Å². The highest BCUT2D eigenvalue weighted by molar-refractivity contribution is 5.75. The van der Waals surface area contributed by atoms with E-state index in [9.17, 15) is 14.3 Å². The number of carbonyl (C=O) groups excluding carboxylic acids is 1. The van der Waals surface area contributed by atoms with Crippen molar-refractivity contribution >= 4 is 11.7 Å². The zero-order valence-electron chi connectivity index (χ0n) is 14.4. The summed E-state index contributed by atoms with van der Waals surface area (Å²) in [5.74, 6) is 0.310. The normalized spacial score (nSPS) is 22.2. The van der Waals surface area contributed by atoms with Gasteiger partial charge in [0.2, 0.25) is 0 Å². The lowest BCUT2D eigenvalue weighted by molar-refractivity contribution is 0.193. The lowest BCUT2D eigenvalue weighted by atomic mass is 10.1. The molecule has 2 amide bonds. The predicted molar refractivity (Wildman–Crippen MR) is 98.0 cm³/mol. The van der Waals surface area contributed by atoms with Crippen molar-refractivity contribution in [3.63, 3.8) is 0 Å². The van der Waals surface area contributed by atoms with Crippen LogP contribution in [0.4, 0.5) is 14.9 Å². The van der Waals surface area contributed by atoms with Crippen LogP contribution in [0.15, 0.2) is 48.5 Å². The van der Waals surface area contributed by atoms with Crippen LogP contribution in [0.2, 0.25) is 0 Å². The van der Waals surface area contributed by atoms with E-state index in [0.29, 0.717) is 26.2 Å². The number of amides is 2. The summed E-state index contributed by atoms with van der Waals surface area (Å²) in [7, 11) is 0. The van der Waals surface area contributed by atoms with Crippen LogP contribution in [0.25, 0.3) is 0 Å². The van der Waals surface area contributed by atoms with Crippen molar-refractivity contribution in [1.82, 2.24) is 10.2 Å². The van der Waals surface area contributed by atoms with Crippen LogP contribution >= 0.6 is 0 Å². The molecule has 2 fully saturated rings. The summed E-state index contributed by atoms with van der Waals surface area (Å²) in [6.07, 6.45) is 0.898. The van der Waals surface area contributed by atoms with E-state index < -0.39 is 0 Å². The summed E-state index contributed by atoms with van der Waals surface area (Å²) in [5.41, 5.74) is 1.88. The van der Waals surface area contributed by atoms with E-state index in [2.05, 4.69) is 10.2 Å². The fourth-order valence-corrected chi connectivity index (χ4v) is 3.56. The molecular formula is C20H22FN3O2. The van der Waals surface area contributed by atoms with Gasteiger partial charge >= 0.3 is 6.03 Å². The Kier molecular flexibility index (Phi) is 4.41. The van der Waals surface area contributed by atoms with Gasteiger partial charge in [0.1, 0.15) is 11.6 Å². The first-order chi connectivity index (χ1) is 12.6. The van der Waals surface area contributed by atoms with Crippen molar-refractivity contribution in [3.05, 3.63) is 59.9 Å². The Hall–Kier alpha value is -2.76. The molecule has 5 nitrogen and oxygen atoms in total. The molecule has 2 aromatic rings. The molecule has 2 atom stereocenters. The maximum absolute atomic E-state index is 13.0. The lowest BCUT2D eigenvalue weighted by Gasteiger charge is -2.36. The van der Waals surface area contributed by atoms with E-state index in [1.807, 2.05) is 17.0 Å². The van der Waals surface area contributed by atoms with Gasteiger partial charge in [-0.3, -0.25) is 0 Å². The summed E-state index contributed by atoms with van der Waals surface area (Å²) in [5, 5.41) is 13.0. The number of anilines is 1. The van der Waals surface area contributed by atoms with Crippen LogP contribution in [0, 0.1) is 5.82 Å². The van der Waals surface area contributed by atoms with E-state index in [1.165, 1.54) is 12.1 Å². The lowest BCUT2D eigenvalue weighted by Crippen LogP contribution is -2.52. The van der Waals surface area contributed by atoms with Gasteiger partial charge in [-0.15, -0.1) is 0 Å². The molecule has 1 saturated carbocycles. The molecular weight excluding hydrogens is 333 g/mol. The number of benzene rings is 2. The van der Waals surface area contributed by atoms with Crippen molar-refractivity contribution in [3.8, 4) is 5.75 Å². The molecule has 4 rings (SSSR count). The average Bonchev–Trinajstić information content (AvgIpc) is 3.42. The molecule has 0 aromatic heterocycles. The summed E-state index contributed by atoms with van der Waals surface area (Å²) >= 11 is 0. The molecule has 2 N–H and O–H groups in total. The largest absolute Gasteiger partial charge is 0.506 e. The highest BCUT2D eigenvalue weighted by Crippen LogP contribution is 2.40. The molecule has 2 aromatic carbocycles. The summed E-state index contributed by atoms with van der Waals surface area (Å²) in [6.45, 7) is 2.62. The first-order valence-electron chi connectivity index (χ1n) is 8.95. The third-order valence-electron chi connectivity index (χ3n) is 5.19. The average molecular weight is 355 g/mol. The van der Waals surface area contributed by atoms with Gasteiger partial charge in [0, 0.05) is 38.1 Å². The number of carbonyl (C=O) groups is 1. The van der Waals surface area contributed by atoms with Crippen molar-refractivity contribution in [2.45, 2.75) is 18.4 Å². The topological polar surface area (TPSA) is 55.8 Å². The van der Waals surface area contributed by atoms with Gasteiger partial charge in [0.25, 0.3) is 0 Å². The zero-order valence-corrected chi connectivity index (χ0v) is 14.4. The number of para-hydroxylation sites is 2. The van der Waals surface area contributed by atoms with Crippen molar-refractivity contribution in [2.24, 2.45) is 0 Å². The van der Waals surface area contributed by atoms with E-state index in [0.717, 1.165) is 17.7 Å². The predicted octanol–water partition coefficient (Wildman–Crippen LogP) is 2.92. The third kappa shape index (κ3) is 3.45. The number of hydrogen-bond acceptors (Lipinski definition) is 3. The zero-order chi connectivity index (χ0) is 18.1. The number of urea groups is 1. The summed E-state index contributed by atoms with van der Waals surface area (Å²) in [6, 6.07) is 13.9. The summed E-state index contributed by atoms with van der Waals surface area (Å²) < 4.78 is 13.0. The van der Waals surface area contributed by atoms with Crippen molar-refractivity contribution in [1.29, 1.82) is 0 Å². The van der Waals surface area contributed by atoms with Crippen LogP contribution in [-0.4, -0.2) is 48.3 Å². The fraction of sp³-hybridized carbons (Fsp3) is 0.350. The van der Waals surface area contributed by atoms with Gasteiger partial charge in [-0.25, -0.2) is 9.18 Å². The SMILES string of the molecule is O=C(N[C@@H]1C[C@@H]1c1ccc(F)cc1)N1CCN(c2ccccc2O)CC1. The van der Waals surface area contributed by atoms with Gasteiger partial charge in [-0.05, 0) is 36.2 Å². The van der Waals surface area contributed by atoms with E-state index in [-0.39, 0.29) is 29.6 Å². The molecule has 0 radical (unpaired) electrons. The minimum atomic E-state index is -0.239. The number of rotatable bonds is 3. The molecule has 6 heteroatoms. The van der Waals surface area contributed by atoms with Crippen LogP contribution in [0.1, 0.15) is 17.9 Å². The molecule has 0 spiro atoms. The van der Waals surface area contributed by atoms with Crippen LogP contribution in [0.5, 0.6) is 5.75 Å². The highest BCUT2D eigenvalue weighted by Gasteiger charge is 2.40. The second-order valence-corrected chi connectivity index (χ2v) is 6.91. The van der Waals surface area contributed by atoms with Gasteiger partial charge < -0.3 is 20.2 Å². The number of hydrogen-bond donors (Lipinski definition) is 2. The number of nitrogens with one attached hydrogen (secondary N) is 1. The second kappa shape index (κ2) is 6.86. The monoisotopic (exact) mass is 355 g/mol. The first-order valence-corrected chi connectivity index (χ1v) is 8.95. The quantitative estimate of drug-likeness (QED) is 0.890. The Morgan fingerprint density at radius 3 is 2.42 bits per heavy atom. The van der Waals surface area contributed by atoms with Gasteiger partial charge in [0.15, 0.2) is 0 Å². The summed E-state index contributed by atoms with van der Waals surface area (Å²) in [4.78, 5) is 16.4. The number of piperazine rings is 1. The maximum atomic E-state index is 13.0. The van der Waals surface area contributed by atoms with Crippen LogP contribution < -0.4 is 10.2 Å². The van der Waals surface area contributed by atoms with E-state index in [1.54, 1.807) is 24.3 Å². The molecule has 1 heterocycles. The van der Waals surface area contributed by atoms with E-state index in [4.69, 9.17) is 0 Å². The molecule has 26 heavy (non-hydrogen) atoms. The first kappa shape index (κ1) is 16.7. The number of phenols is 1. The fourth-order valence-electron chi connectivity index (χ4n) is 3.56. The van der Waals surface area contributed by atoms with Crippen molar-refractivity contribution < 1.29 is 14.3 Å². The number of aromatic hydroxyl groups is 1. The second-order valence-electron chi connectivity index (χ2n) is 6.91. The van der Waals surface area contributed by atoms with E-state index >= 15 is 0 Å². The molecule has 0 bridgehead atoms. The Balaban J connectivity index is 1.28. The van der Waals surface area contributed by atoms with Crippen molar-refractivity contribution in [2.75, 3.05) is 31.1 Å². The minimum absolute atomic E-state index is 0.0449. The van der Waals surface area contributed by atoms with Gasteiger partial charge in [0.05, 0.1) is 5.69 Å². The molecule has 0 unspecified atom stereocenters. The Morgan fingerprint density at radius 1 is 1.04 bits per heavy atom. The Labute approximate surface area is 152 Å². The smallest absolute Gasteiger partial charge is 0.317 e. The maximum Gasteiger partial charge on any atom is 0.317 e. The standard InChI is InChI=1S/C20H22FN3O2/c21-15-7-5-14(6-8-15)16-13-17(16)22-20(26)24-11-9-23(10-12-24)18-3-1-2-4-19(18)25/h1-8,16-17,25H,9-13H2,(H,22,26)/t16-,17-/m1/s1. The van der Waals surface area contributed by atoms with Gasteiger partial charge in [-0.1, -0.05) is 24.3 Å².